The number of amides is 5. The second kappa shape index (κ2) is 16.4. The second-order valence-corrected chi connectivity index (χ2v) is 18.0. The summed E-state index contributed by atoms with van der Waals surface area (Å²) in [7, 11) is 1.91. The van der Waals surface area contributed by atoms with Crippen molar-refractivity contribution in [3.63, 3.8) is 0 Å². The number of aromatic nitrogens is 5. The number of imide groups is 2. The molecule has 4 aromatic heterocycles. The average Bonchev–Trinajstić information content (AvgIpc) is 3.97. The number of rotatable bonds is 8. The largest absolute Gasteiger partial charge is 0.371 e. The van der Waals surface area contributed by atoms with Crippen molar-refractivity contribution < 1.29 is 32.8 Å². The van der Waals surface area contributed by atoms with Crippen LogP contribution in [0, 0.1) is 0 Å². The molecule has 11 rings (SSSR count). The third-order valence-corrected chi connectivity index (χ3v) is 14.1. The molecule has 1 unspecified atom stereocenters. The Bertz CT molecular complexity index is 3070. The highest BCUT2D eigenvalue weighted by Crippen LogP contribution is 2.45. The van der Waals surface area contributed by atoms with Crippen LogP contribution in [0.3, 0.4) is 0 Å². The summed E-state index contributed by atoms with van der Waals surface area (Å²) >= 11 is 0. The Kier molecular flexibility index (Phi) is 10.3. The SMILES string of the molecule is CC(=O)N1CCc2c(c(N3CCCc4cc(-c5cn(C)c6ccncc56)c(C(F)F)cc43)nn2C2CCN(c3ccnc(Nc4cccc5c4C(=O)N(C4CCC(=O)NC4=O)C5=O)c3)CC2)C1. The van der Waals surface area contributed by atoms with Crippen LogP contribution in [0.5, 0.6) is 0 Å². The van der Waals surface area contributed by atoms with Gasteiger partial charge >= 0.3 is 0 Å². The van der Waals surface area contributed by atoms with E-state index >= 15 is 8.78 Å². The van der Waals surface area contributed by atoms with Crippen LogP contribution in [0.25, 0.3) is 22.0 Å². The molecule has 0 radical (unpaired) electrons. The van der Waals surface area contributed by atoms with Gasteiger partial charge in [-0.1, -0.05) is 6.07 Å². The minimum atomic E-state index is -2.72. The van der Waals surface area contributed by atoms with Gasteiger partial charge in [0.2, 0.25) is 17.7 Å². The second-order valence-electron chi connectivity index (χ2n) is 18.0. The van der Waals surface area contributed by atoms with Crippen molar-refractivity contribution in [2.75, 3.05) is 41.3 Å². The molecule has 9 heterocycles. The van der Waals surface area contributed by atoms with Crippen LogP contribution in [0.2, 0.25) is 0 Å². The molecule has 2 aromatic carbocycles. The third kappa shape index (κ3) is 7.16. The third-order valence-electron chi connectivity index (χ3n) is 14.1. The molecule has 6 aromatic rings. The fourth-order valence-electron chi connectivity index (χ4n) is 10.8. The molecule has 0 bridgehead atoms. The van der Waals surface area contributed by atoms with E-state index < -0.39 is 36.1 Å². The van der Waals surface area contributed by atoms with E-state index in [4.69, 9.17) is 5.10 Å². The smallest absolute Gasteiger partial charge is 0.264 e. The molecule has 342 valence electrons. The molecule has 16 nitrogen and oxygen atoms in total. The predicted octanol–water partition coefficient (Wildman–Crippen LogP) is 6.74. The Morgan fingerprint density at radius 3 is 2.52 bits per heavy atom. The van der Waals surface area contributed by atoms with Gasteiger partial charge in [0.05, 0.1) is 34.9 Å². The number of fused-ring (bicyclic) bond motifs is 4. The molecule has 67 heavy (non-hydrogen) atoms. The molecule has 5 amide bonds. The van der Waals surface area contributed by atoms with Gasteiger partial charge in [0.15, 0.2) is 5.82 Å². The first-order valence-electron chi connectivity index (χ1n) is 22.7. The van der Waals surface area contributed by atoms with Crippen molar-refractivity contribution in [3.05, 3.63) is 107 Å². The van der Waals surface area contributed by atoms with Gasteiger partial charge in [0.1, 0.15) is 11.9 Å². The first-order chi connectivity index (χ1) is 32.4. The van der Waals surface area contributed by atoms with Crippen LogP contribution in [-0.2, 0) is 40.8 Å². The van der Waals surface area contributed by atoms with Gasteiger partial charge in [-0.15, -0.1) is 0 Å². The number of pyridine rings is 2. The Labute approximate surface area is 383 Å². The molecule has 2 N–H and O–H groups in total. The van der Waals surface area contributed by atoms with E-state index in [1.165, 1.54) is 0 Å². The van der Waals surface area contributed by atoms with E-state index in [1.54, 1.807) is 49.8 Å². The summed E-state index contributed by atoms with van der Waals surface area (Å²) in [4.78, 5) is 80.4. The zero-order chi connectivity index (χ0) is 46.2. The summed E-state index contributed by atoms with van der Waals surface area (Å²) in [5.74, 6) is -1.16. The van der Waals surface area contributed by atoms with Gasteiger partial charge in [-0.2, -0.15) is 5.10 Å². The summed E-state index contributed by atoms with van der Waals surface area (Å²) in [5.41, 5.74) is 7.41. The monoisotopic (exact) mass is 907 g/mol. The first kappa shape index (κ1) is 42.2. The number of nitrogens with one attached hydrogen (secondary N) is 2. The van der Waals surface area contributed by atoms with Gasteiger partial charge in [-0.3, -0.25) is 43.9 Å². The summed E-state index contributed by atoms with van der Waals surface area (Å²) < 4.78 is 34.4. The van der Waals surface area contributed by atoms with Crippen LogP contribution >= 0.6 is 0 Å². The van der Waals surface area contributed by atoms with Crippen molar-refractivity contribution in [1.29, 1.82) is 0 Å². The number of alkyl halides is 2. The quantitative estimate of drug-likeness (QED) is 0.155. The highest BCUT2D eigenvalue weighted by atomic mass is 19.3. The van der Waals surface area contributed by atoms with E-state index in [0.717, 1.165) is 75.2 Å². The summed E-state index contributed by atoms with van der Waals surface area (Å²) in [6, 6.07) is 13.2. The van der Waals surface area contributed by atoms with E-state index in [1.807, 2.05) is 47.0 Å². The Morgan fingerprint density at radius 1 is 0.896 bits per heavy atom. The molecular formula is C49H47F2N11O5. The van der Waals surface area contributed by atoms with Crippen LogP contribution in [0.4, 0.5) is 37.5 Å². The van der Waals surface area contributed by atoms with Crippen LogP contribution in [-0.4, -0.2) is 95.9 Å². The normalized spacial score (nSPS) is 18.7. The predicted molar refractivity (Wildman–Crippen MR) is 245 cm³/mol. The number of halogens is 2. The van der Waals surface area contributed by atoms with E-state index in [9.17, 15) is 24.0 Å². The number of carbonyl (C=O) groups excluding carboxylic acids is 5. The lowest BCUT2D eigenvalue weighted by Crippen LogP contribution is -2.54. The molecule has 5 aliphatic heterocycles. The van der Waals surface area contributed by atoms with Gasteiger partial charge < -0.3 is 24.6 Å². The van der Waals surface area contributed by atoms with Gasteiger partial charge in [0, 0.05) is 123 Å². The molecule has 0 saturated carbocycles. The maximum atomic E-state index is 15.2. The minimum Gasteiger partial charge on any atom is -0.371 e. The number of anilines is 5. The number of hydrogen-bond acceptors (Lipinski definition) is 11. The molecular weight excluding hydrogens is 861 g/mol. The first-order valence-corrected chi connectivity index (χ1v) is 22.7. The molecule has 0 spiro atoms. The fraction of sp³-hybridized carbons (Fsp3) is 0.347. The van der Waals surface area contributed by atoms with Crippen LogP contribution < -0.4 is 20.4 Å². The van der Waals surface area contributed by atoms with Crippen molar-refractivity contribution >= 4 is 69.1 Å². The summed E-state index contributed by atoms with van der Waals surface area (Å²) in [6.07, 6.45) is 8.08. The molecule has 0 aliphatic carbocycles. The fourth-order valence-corrected chi connectivity index (χ4v) is 10.8. The summed E-state index contributed by atoms with van der Waals surface area (Å²) in [5, 5.41) is 11.6. The van der Waals surface area contributed by atoms with Crippen LogP contribution in [0.15, 0.2) is 73.3 Å². The Balaban J connectivity index is 0.851. The number of aryl methyl sites for hydroxylation is 2. The minimum absolute atomic E-state index is 0.0249. The van der Waals surface area contributed by atoms with Gasteiger partial charge in [-0.25, -0.2) is 13.8 Å². The lowest BCUT2D eigenvalue weighted by Gasteiger charge is -2.35. The number of carbonyl (C=O) groups is 5. The highest BCUT2D eigenvalue weighted by Gasteiger charge is 2.46. The lowest BCUT2D eigenvalue weighted by atomic mass is 9.91. The zero-order valence-corrected chi connectivity index (χ0v) is 37.0. The number of piperidine rings is 2. The molecule has 2 fully saturated rings. The number of benzene rings is 2. The Hall–Kier alpha value is -7.50. The molecule has 1 atom stereocenters. The molecule has 18 heteroatoms. The van der Waals surface area contributed by atoms with E-state index in [0.29, 0.717) is 62.0 Å². The zero-order valence-electron chi connectivity index (χ0n) is 37.0. The maximum absolute atomic E-state index is 15.2. The van der Waals surface area contributed by atoms with E-state index in [2.05, 4.69) is 35.1 Å². The topological polar surface area (TPSA) is 171 Å². The van der Waals surface area contributed by atoms with Crippen molar-refractivity contribution in [2.45, 2.75) is 76.9 Å². The number of hydrogen-bond donors (Lipinski definition) is 2. The van der Waals surface area contributed by atoms with Crippen molar-refractivity contribution in [2.24, 2.45) is 7.05 Å². The highest BCUT2D eigenvalue weighted by molar-refractivity contribution is 6.25. The average molecular weight is 908 g/mol. The van der Waals surface area contributed by atoms with Gasteiger partial charge in [-0.05, 0) is 79.6 Å². The van der Waals surface area contributed by atoms with Gasteiger partial charge in [0.25, 0.3) is 18.2 Å². The van der Waals surface area contributed by atoms with Crippen LogP contribution in [0.1, 0.15) is 94.6 Å². The summed E-state index contributed by atoms with van der Waals surface area (Å²) in [6.45, 7) is 4.52. The molecule has 2 saturated heterocycles. The molecule has 5 aliphatic rings. The maximum Gasteiger partial charge on any atom is 0.264 e. The number of nitrogens with zero attached hydrogens (tertiary/aromatic N) is 9. The lowest BCUT2D eigenvalue weighted by molar-refractivity contribution is -0.136. The van der Waals surface area contributed by atoms with E-state index in [-0.39, 0.29) is 41.5 Å². The standard InChI is InChI=1S/C49H47F2N11O5/c1-27(63)59-20-14-39-36(26-59)46(60-17-4-5-28-21-32(33(45(50)51)23-41(28)60)35-25-57(2)38-11-15-52-24-34(35)38)56-62(39)29-12-18-58(19-13-29)30-10-16-53-42(22-30)54-37-7-3-6-31-44(37)49(67)61(48(31)66)40-8-9-43(64)55-47(40)65/h3,6-7,10-11,15-16,21-25,29,40,45H,4-5,8-9,12-14,17-20,26H2,1-2H3,(H,53,54)(H,55,64,65). The Morgan fingerprint density at radius 2 is 1.73 bits per heavy atom. The van der Waals surface area contributed by atoms with Crippen molar-refractivity contribution in [3.8, 4) is 11.1 Å². The van der Waals surface area contributed by atoms with Crippen molar-refractivity contribution in [1.82, 2.24) is 39.4 Å².